The molecule has 0 saturated heterocycles. The lowest BCUT2D eigenvalue weighted by atomic mass is 10.0. The van der Waals surface area contributed by atoms with Crippen LogP contribution in [0.2, 0.25) is 0 Å². The Balaban J connectivity index is 3.69. The number of carbonyl (C=O) groups excluding carboxylic acids is 2. The molecule has 6 heteroatoms. The summed E-state index contributed by atoms with van der Waals surface area (Å²) in [5, 5.41) is 21.8. The normalized spacial score (nSPS) is 11.4. The average molecular weight is 653 g/mol. The van der Waals surface area contributed by atoms with E-state index in [4.69, 9.17) is 0 Å². The maximum atomic E-state index is 12.7. The Hall–Kier alpha value is -1.14. The standard InChI is InChI=1S/C40H80N2O4/c1-3-5-7-9-11-13-15-17-19-21-23-25-27-29-31-33-38(43)41-35-36-42(37-40(45)46)39(44)34-32-30-28-26-24-22-20-18-16-14-12-10-8-6-4-2/h40,45-46H,3-37H2,1-2H3,(H,41,43). The zero-order chi connectivity index (χ0) is 33.8. The lowest BCUT2D eigenvalue weighted by Crippen LogP contribution is -2.42. The van der Waals surface area contributed by atoms with Crippen LogP contribution in [0.1, 0.15) is 219 Å². The van der Waals surface area contributed by atoms with E-state index in [0.717, 1.165) is 32.1 Å². The van der Waals surface area contributed by atoms with Crippen LogP contribution >= 0.6 is 0 Å². The summed E-state index contributed by atoms with van der Waals surface area (Å²) in [4.78, 5) is 26.5. The number of nitrogens with one attached hydrogen (secondary N) is 1. The van der Waals surface area contributed by atoms with Crippen molar-refractivity contribution in [3.63, 3.8) is 0 Å². The summed E-state index contributed by atoms with van der Waals surface area (Å²) in [6.07, 6.45) is 38.3. The van der Waals surface area contributed by atoms with E-state index in [0.29, 0.717) is 25.9 Å². The van der Waals surface area contributed by atoms with Crippen LogP contribution < -0.4 is 5.32 Å². The van der Waals surface area contributed by atoms with Crippen molar-refractivity contribution in [3.05, 3.63) is 0 Å². The van der Waals surface area contributed by atoms with E-state index >= 15 is 0 Å². The highest BCUT2D eigenvalue weighted by Crippen LogP contribution is 2.15. The summed E-state index contributed by atoms with van der Waals surface area (Å²) in [5.74, 6) is -0.0338. The number of amides is 2. The number of nitrogens with zero attached hydrogens (tertiary/aromatic N) is 1. The molecule has 0 bridgehead atoms. The highest BCUT2D eigenvalue weighted by molar-refractivity contribution is 5.77. The maximum absolute atomic E-state index is 12.7. The topological polar surface area (TPSA) is 89.9 Å². The van der Waals surface area contributed by atoms with Gasteiger partial charge in [-0.25, -0.2) is 0 Å². The lowest BCUT2D eigenvalue weighted by Gasteiger charge is -2.23. The van der Waals surface area contributed by atoms with Gasteiger partial charge in [0.05, 0.1) is 6.54 Å². The van der Waals surface area contributed by atoms with Crippen LogP contribution in [0.3, 0.4) is 0 Å². The number of unbranched alkanes of at least 4 members (excludes halogenated alkanes) is 28. The van der Waals surface area contributed by atoms with Gasteiger partial charge in [0, 0.05) is 25.9 Å². The fraction of sp³-hybridized carbons (Fsp3) is 0.950. The van der Waals surface area contributed by atoms with Crippen LogP contribution in [-0.2, 0) is 9.59 Å². The van der Waals surface area contributed by atoms with Crippen molar-refractivity contribution >= 4 is 11.8 Å². The molecular formula is C40H80N2O4. The summed E-state index contributed by atoms with van der Waals surface area (Å²) in [6, 6.07) is 0. The molecule has 2 amide bonds. The molecule has 0 aliphatic heterocycles. The molecule has 0 aliphatic rings. The number of aliphatic hydroxyl groups is 2. The quantitative estimate of drug-likeness (QED) is 0.0460. The third kappa shape index (κ3) is 34.2. The maximum Gasteiger partial charge on any atom is 0.222 e. The SMILES string of the molecule is CCCCCCCCCCCCCCCCCC(=O)NCCN(CC(O)O)C(=O)CCCCCCCCCCCCCCCCC. The molecule has 0 aliphatic carbocycles. The summed E-state index contributed by atoms with van der Waals surface area (Å²) in [5.41, 5.74) is 0. The largest absolute Gasteiger partial charge is 0.367 e. The zero-order valence-electron chi connectivity index (χ0n) is 31.0. The molecule has 0 atom stereocenters. The second-order valence-corrected chi connectivity index (χ2v) is 14.1. The minimum Gasteiger partial charge on any atom is -0.367 e. The van der Waals surface area contributed by atoms with Gasteiger partial charge in [0.1, 0.15) is 0 Å². The third-order valence-electron chi connectivity index (χ3n) is 9.44. The third-order valence-corrected chi connectivity index (χ3v) is 9.44. The summed E-state index contributed by atoms with van der Waals surface area (Å²) < 4.78 is 0. The molecule has 0 aromatic heterocycles. The van der Waals surface area contributed by atoms with Gasteiger partial charge in [0.15, 0.2) is 6.29 Å². The Kier molecular flexibility index (Phi) is 35.8. The van der Waals surface area contributed by atoms with Crippen molar-refractivity contribution < 1.29 is 19.8 Å². The molecule has 0 spiro atoms. The number of hydrogen-bond donors (Lipinski definition) is 3. The van der Waals surface area contributed by atoms with Gasteiger partial charge in [0.25, 0.3) is 0 Å². The first-order chi connectivity index (χ1) is 22.5. The van der Waals surface area contributed by atoms with Crippen molar-refractivity contribution in [1.29, 1.82) is 0 Å². The van der Waals surface area contributed by atoms with Gasteiger partial charge in [-0.3, -0.25) is 9.59 Å². The van der Waals surface area contributed by atoms with Gasteiger partial charge in [-0.2, -0.15) is 0 Å². The Bertz CT molecular complexity index is 643. The van der Waals surface area contributed by atoms with Crippen molar-refractivity contribution in [3.8, 4) is 0 Å². The second-order valence-electron chi connectivity index (χ2n) is 14.1. The van der Waals surface area contributed by atoms with Gasteiger partial charge in [-0.05, 0) is 12.8 Å². The van der Waals surface area contributed by atoms with Gasteiger partial charge in [-0.1, -0.05) is 194 Å². The molecule has 0 aromatic rings. The fourth-order valence-corrected chi connectivity index (χ4v) is 6.40. The van der Waals surface area contributed by atoms with Crippen molar-refractivity contribution in [1.82, 2.24) is 10.2 Å². The van der Waals surface area contributed by atoms with E-state index in [2.05, 4.69) is 19.2 Å². The van der Waals surface area contributed by atoms with E-state index < -0.39 is 6.29 Å². The van der Waals surface area contributed by atoms with Crippen molar-refractivity contribution in [2.45, 2.75) is 226 Å². The molecule has 0 aromatic carbocycles. The fourth-order valence-electron chi connectivity index (χ4n) is 6.40. The molecule has 0 saturated carbocycles. The minimum absolute atomic E-state index is 0.0223. The summed E-state index contributed by atoms with van der Waals surface area (Å²) in [6.45, 7) is 5.11. The number of carbonyl (C=O) groups is 2. The van der Waals surface area contributed by atoms with E-state index in [9.17, 15) is 19.8 Å². The number of hydrogen-bond acceptors (Lipinski definition) is 4. The van der Waals surface area contributed by atoms with Gasteiger partial charge < -0.3 is 20.4 Å². The zero-order valence-corrected chi connectivity index (χ0v) is 31.0. The lowest BCUT2D eigenvalue weighted by molar-refractivity contribution is -0.138. The molecule has 3 N–H and O–H groups in total. The van der Waals surface area contributed by atoms with Crippen molar-refractivity contribution in [2.24, 2.45) is 0 Å². The average Bonchev–Trinajstić information content (AvgIpc) is 3.04. The van der Waals surface area contributed by atoms with Crippen LogP contribution in [0, 0.1) is 0 Å². The van der Waals surface area contributed by atoms with Gasteiger partial charge in [-0.15, -0.1) is 0 Å². The first-order valence-corrected chi connectivity index (χ1v) is 20.4. The summed E-state index contributed by atoms with van der Waals surface area (Å²) in [7, 11) is 0. The highest BCUT2D eigenvalue weighted by atomic mass is 16.5. The molecule has 0 heterocycles. The van der Waals surface area contributed by atoms with E-state index in [1.165, 1.54) is 165 Å². The number of rotatable bonds is 37. The Morgan fingerprint density at radius 3 is 1.11 bits per heavy atom. The monoisotopic (exact) mass is 653 g/mol. The highest BCUT2D eigenvalue weighted by Gasteiger charge is 2.16. The van der Waals surface area contributed by atoms with E-state index in [-0.39, 0.29) is 18.4 Å². The van der Waals surface area contributed by atoms with Crippen LogP contribution in [0.15, 0.2) is 0 Å². The predicted molar refractivity (Wildman–Crippen MR) is 197 cm³/mol. The second kappa shape index (κ2) is 36.7. The summed E-state index contributed by atoms with van der Waals surface area (Å²) >= 11 is 0. The van der Waals surface area contributed by atoms with Gasteiger partial charge >= 0.3 is 0 Å². The molecule has 46 heavy (non-hydrogen) atoms. The van der Waals surface area contributed by atoms with Crippen LogP contribution in [0.4, 0.5) is 0 Å². The Morgan fingerprint density at radius 1 is 0.478 bits per heavy atom. The smallest absolute Gasteiger partial charge is 0.222 e. The molecule has 0 fully saturated rings. The Labute approximate surface area is 286 Å². The van der Waals surface area contributed by atoms with Gasteiger partial charge in [0.2, 0.25) is 11.8 Å². The van der Waals surface area contributed by atoms with Crippen LogP contribution in [-0.4, -0.2) is 52.9 Å². The van der Waals surface area contributed by atoms with Crippen LogP contribution in [0.25, 0.3) is 0 Å². The molecule has 0 unspecified atom stereocenters. The molecule has 6 nitrogen and oxygen atoms in total. The number of aliphatic hydroxyl groups excluding tert-OH is 1. The molecule has 0 rings (SSSR count). The first kappa shape index (κ1) is 44.9. The predicted octanol–water partition coefficient (Wildman–Crippen LogP) is 10.8. The molecular weight excluding hydrogens is 572 g/mol. The Morgan fingerprint density at radius 2 is 0.783 bits per heavy atom. The van der Waals surface area contributed by atoms with Crippen LogP contribution in [0.5, 0.6) is 0 Å². The first-order valence-electron chi connectivity index (χ1n) is 20.4. The van der Waals surface area contributed by atoms with E-state index in [1.807, 2.05) is 0 Å². The molecule has 274 valence electrons. The minimum atomic E-state index is -1.55. The van der Waals surface area contributed by atoms with E-state index in [1.54, 1.807) is 0 Å². The molecule has 0 radical (unpaired) electrons. The van der Waals surface area contributed by atoms with Crippen molar-refractivity contribution in [2.75, 3.05) is 19.6 Å².